The Hall–Kier alpha value is -1.25. The summed E-state index contributed by atoms with van der Waals surface area (Å²) in [7, 11) is 0. The van der Waals surface area contributed by atoms with Gasteiger partial charge in [-0.15, -0.1) is 0 Å². The first-order valence-corrected chi connectivity index (χ1v) is 6.72. The van der Waals surface area contributed by atoms with Gasteiger partial charge in [0.1, 0.15) is 16.5 Å². The van der Waals surface area contributed by atoms with Crippen molar-refractivity contribution < 1.29 is 9.66 Å². The highest BCUT2D eigenvalue weighted by Crippen LogP contribution is 2.34. The first kappa shape index (κ1) is 14.2. The number of non-ortho nitro benzene ring substituents is 1. The zero-order valence-electron chi connectivity index (χ0n) is 9.01. The Morgan fingerprint density at radius 3 is 2.68 bits per heavy atom. The minimum absolute atomic E-state index is 0.0966. The van der Waals surface area contributed by atoms with Crippen LogP contribution in [0.15, 0.2) is 33.5 Å². The molecule has 0 fully saturated rings. The second kappa shape index (κ2) is 5.81. The average molecular weight is 409 g/mol. The average Bonchev–Trinajstić information content (AvgIpc) is 2.34. The topological polar surface area (TPSA) is 78.2 Å². The van der Waals surface area contributed by atoms with E-state index in [1.807, 2.05) is 0 Å². The van der Waals surface area contributed by atoms with Crippen LogP contribution in [-0.2, 0) is 0 Å². The van der Waals surface area contributed by atoms with E-state index in [4.69, 9.17) is 16.3 Å². The minimum Gasteiger partial charge on any atom is -0.437 e. The SMILES string of the molecule is O=[N+]([O-])c1cc(Br)cc(Oc2ncnc(Cl)c2Br)c1. The molecule has 19 heavy (non-hydrogen) atoms. The molecule has 2 rings (SSSR count). The maximum absolute atomic E-state index is 10.8. The monoisotopic (exact) mass is 407 g/mol. The Labute approximate surface area is 129 Å². The minimum atomic E-state index is -0.514. The number of halogens is 3. The highest BCUT2D eigenvalue weighted by molar-refractivity contribution is 9.10. The zero-order chi connectivity index (χ0) is 14.0. The molecular weight excluding hydrogens is 405 g/mol. The van der Waals surface area contributed by atoms with Gasteiger partial charge >= 0.3 is 0 Å². The van der Waals surface area contributed by atoms with Crippen molar-refractivity contribution >= 4 is 49.1 Å². The van der Waals surface area contributed by atoms with Crippen molar-refractivity contribution in [3.8, 4) is 11.6 Å². The van der Waals surface area contributed by atoms with Crippen LogP contribution in [0.1, 0.15) is 0 Å². The molecule has 0 aliphatic heterocycles. The van der Waals surface area contributed by atoms with Crippen molar-refractivity contribution in [2.75, 3.05) is 0 Å². The summed E-state index contributed by atoms with van der Waals surface area (Å²) in [4.78, 5) is 17.9. The normalized spacial score (nSPS) is 10.3. The van der Waals surface area contributed by atoms with Crippen LogP contribution in [0.4, 0.5) is 5.69 Å². The van der Waals surface area contributed by atoms with Crippen molar-refractivity contribution in [1.29, 1.82) is 0 Å². The van der Waals surface area contributed by atoms with Gasteiger partial charge in [-0.3, -0.25) is 10.1 Å². The number of hydrogen-bond acceptors (Lipinski definition) is 5. The smallest absolute Gasteiger partial charge is 0.274 e. The Bertz CT molecular complexity index is 654. The lowest BCUT2D eigenvalue weighted by Crippen LogP contribution is -1.93. The molecule has 0 amide bonds. The molecule has 0 atom stereocenters. The van der Waals surface area contributed by atoms with Gasteiger partial charge in [0, 0.05) is 10.5 Å². The van der Waals surface area contributed by atoms with E-state index in [2.05, 4.69) is 41.8 Å². The molecule has 0 aliphatic rings. The van der Waals surface area contributed by atoms with Crippen molar-refractivity contribution in [3.63, 3.8) is 0 Å². The highest BCUT2D eigenvalue weighted by Gasteiger charge is 2.13. The van der Waals surface area contributed by atoms with Crippen molar-refractivity contribution in [2.45, 2.75) is 0 Å². The summed E-state index contributed by atoms with van der Waals surface area (Å²) in [6, 6.07) is 4.23. The van der Waals surface area contributed by atoms with Gasteiger partial charge in [-0.25, -0.2) is 9.97 Å². The first-order valence-electron chi connectivity index (χ1n) is 4.76. The number of nitro groups is 1. The second-order valence-electron chi connectivity index (χ2n) is 3.29. The maximum atomic E-state index is 10.8. The van der Waals surface area contributed by atoms with E-state index in [1.54, 1.807) is 6.07 Å². The first-order chi connectivity index (χ1) is 8.97. The summed E-state index contributed by atoms with van der Waals surface area (Å²) < 4.78 is 6.34. The molecule has 98 valence electrons. The van der Waals surface area contributed by atoms with Crippen molar-refractivity contribution in [3.05, 3.63) is 48.7 Å². The van der Waals surface area contributed by atoms with Crippen LogP contribution >= 0.6 is 43.5 Å². The molecule has 0 spiro atoms. The van der Waals surface area contributed by atoms with Gasteiger partial charge in [0.25, 0.3) is 5.69 Å². The molecule has 9 heteroatoms. The molecule has 0 radical (unpaired) electrons. The number of hydrogen-bond donors (Lipinski definition) is 0. The van der Waals surface area contributed by atoms with E-state index < -0.39 is 4.92 Å². The molecule has 1 heterocycles. The lowest BCUT2D eigenvalue weighted by atomic mass is 10.3. The van der Waals surface area contributed by atoms with Gasteiger partial charge in [-0.05, 0) is 22.0 Å². The van der Waals surface area contributed by atoms with Crippen LogP contribution in [-0.4, -0.2) is 14.9 Å². The fraction of sp³-hybridized carbons (Fsp3) is 0. The molecule has 0 unspecified atom stereocenters. The predicted octanol–water partition coefficient (Wildman–Crippen LogP) is 4.36. The largest absolute Gasteiger partial charge is 0.437 e. The Balaban J connectivity index is 2.38. The fourth-order valence-corrected chi connectivity index (χ4v) is 2.10. The summed E-state index contributed by atoms with van der Waals surface area (Å²) in [5, 5.41) is 10.9. The molecular formula is C10H4Br2ClN3O3. The summed E-state index contributed by atoms with van der Waals surface area (Å²) >= 11 is 12.1. The van der Waals surface area contributed by atoms with Crippen LogP contribution in [0, 0.1) is 10.1 Å². The molecule has 0 saturated carbocycles. The summed E-state index contributed by atoms with van der Waals surface area (Å²) in [5.41, 5.74) is -0.0966. The van der Waals surface area contributed by atoms with Crippen LogP contribution in [0.2, 0.25) is 5.15 Å². The van der Waals surface area contributed by atoms with E-state index in [0.29, 0.717) is 8.95 Å². The third kappa shape index (κ3) is 3.40. The lowest BCUT2D eigenvalue weighted by Gasteiger charge is -2.07. The van der Waals surface area contributed by atoms with E-state index >= 15 is 0 Å². The van der Waals surface area contributed by atoms with E-state index in [0.717, 1.165) is 0 Å². The maximum Gasteiger partial charge on any atom is 0.274 e. The van der Waals surface area contributed by atoms with Crippen LogP contribution in [0.25, 0.3) is 0 Å². The van der Waals surface area contributed by atoms with Crippen molar-refractivity contribution in [2.24, 2.45) is 0 Å². The predicted molar refractivity (Wildman–Crippen MR) is 75.6 cm³/mol. The zero-order valence-corrected chi connectivity index (χ0v) is 12.9. The van der Waals surface area contributed by atoms with Gasteiger partial charge < -0.3 is 4.74 Å². The lowest BCUT2D eigenvalue weighted by molar-refractivity contribution is -0.385. The second-order valence-corrected chi connectivity index (χ2v) is 5.35. The molecule has 2 aromatic rings. The molecule has 0 bridgehead atoms. The number of ether oxygens (including phenoxy) is 1. The fourth-order valence-electron chi connectivity index (χ4n) is 1.23. The van der Waals surface area contributed by atoms with Crippen LogP contribution < -0.4 is 4.74 Å². The van der Waals surface area contributed by atoms with Gasteiger partial charge in [-0.2, -0.15) is 0 Å². The molecule has 0 saturated heterocycles. The number of aromatic nitrogens is 2. The molecule has 6 nitrogen and oxygen atoms in total. The quantitative estimate of drug-likeness (QED) is 0.428. The van der Waals surface area contributed by atoms with Crippen LogP contribution in [0.3, 0.4) is 0 Å². The third-order valence-electron chi connectivity index (χ3n) is 2.00. The molecule has 0 N–H and O–H groups in total. The number of nitrogens with zero attached hydrogens (tertiary/aromatic N) is 3. The Kier molecular flexibility index (Phi) is 4.33. The van der Waals surface area contributed by atoms with Gasteiger partial charge in [-0.1, -0.05) is 27.5 Å². The van der Waals surface area contributed by atoms with E-state index in [1.165, 1.54) is 18.5 Å². The Morgan fingerprint density at radius 2 is 2.00 bits per heavy atom. The summed E-state index contributed by atoms with van der Waals surface area (Å²) in [6.07, 6.45) is 1.23. The van der Waals surface area contributed by atoms with Gasteiger partial charge in [0.15, 0.2) is 5.15 Å². The molecule has 1 aromatic heterocycles. The third-order valence-corrected chi connectivity index (χ3v) is 3.68. The Morgan fingerprint density at radius 1 is 1.26 bits per heavy atom. The number of benzene rings is 1. The highest BCUT2D eigenvalue weighted by atomic mass is 79.9. The van der Waals surface area contributed by atoms with Gasteiger partial charge in [0.2, 0.25) is 5.88 Å². The van der Waals surface area contributed by atoms with Crippen LogP contribution in [0.5, 0.6) is 11.6 Å². The number of rotatable bonds is 3. The van der Waals surface area contributed by atoms with E-state index in [9.17, 15) is 10.1 Å². The molecule has 0 aliphatic carbocycles. The van der Waals surface area contributed by atoms with Gasteiger partial charge in [0.05, 0.1) is 11.0 Å². The molecule has 1 aromatic carbocycles. The number of nitro benzene ring substituents is 1. The van der Waals surface area contributed by atoms with E-state index in [-0.39, 0.29) is 22.5 Å². The standard InChI is InChI=1S/C10H4Br2ClN3O3/c11-5-1-6(16(17)18)3-7(2-5)19-10-8(12)9(13)14-4-15-10/h1-4H. The van der Waals surface area contributed by atoms with Crippen molar-refractivity contribution in [1.82, 2.24) is 9.97 Å². The summed E-state index contributed by atoms with van der Waals surface area (Å²) in [6.45, 7) is 0. The summed E-state index contributed by atoms with van der Waals surface area (Å²) in [5.74, 6) is 0.434.